The average Bonchev–Trinajstić information content (AvgIpc) is 3.88. The van der Waals surface area contributed by atoms with Crippen LogP contribution in [0.25, 0.3) is 31.9 Å². The van der Waals surface area contributed by atoms with Gasteiger partial charge in [0.1, 0.15) is 0 Å². The maximum Gasteiger partial charge on any atom is 0.0958 e. The van der Waals surface area contributed by atoms with E-state index in [1.165, 1.54) is 39.2 Å². The molecule has 0 amide bonds. The Hall–Kier alpha value is -2.64. The van der Waals surface area contributed by atoms with Crippen LogP contribution in [0.15, 0.2) is 109 Å². The van der Waals surface area contributed by atoms with Crippen molar-refractivity contribution in [3.05, 3.63) is 109 Å². The van der Waals surface area contributed by atoms with Crippen LogP contribution in [0, 0.1) is 16.2 Å². The smallest absolute Gasteiger partial charge is 0.0958 e. The van der Waals surface area contributed by atoms with Gasteiger partial charge in [0.15, 0.2) is 0 Å². The second-order valence-electron chi connectivity index (χ2n) is 14.9. The molecule has 4 aromatic carbocycles. The maximum atomic E-state index is 4.37. The SMILES string of the molecule is CC.CC.CC.CC(C)(C)Cn1cnc2ccccc21.CCC(C)(C)C.CCC(C)(C)C.[Re].c1ccc2[cH-]ccc2c1.c1ccc2sccc2c1. The van der Waals surface area contributed by atoms with Gasteiger partial charge in [-0.15, -0.1) is 41.0 Å². The molecule has 4 heteroatoms. The molecule has 0 aliphatic heterocycles. The van der Waals surface area contributed by atoms with E-state index in [2.05, 4.69) is 182 Å². The molecule has 6 aromatic rings. The minimum atomic E-state index is 0. The van der Waals surface area contributed by atoms with Crippen LogP contribution in [-0.2, 0) is 27.0 Å². The third-order valence-corrected chi connectivity index (χ3v) is 8.10. The fourth-order valence-corrected chi connectivity index (χ4v) is 4.41. The van der Waals surface area contributed by atoms with E-state index in [4.69, 9.17) is 0 Å². The normalized spacial score (nSPS) is 10.1. The number of fused-ring (bicyclic) bond motifs is 3. The van der Waals surface area contributed by atoms with E-state index in [0.717, 1.165) is 12.1 Å². The summed E-state index contributed by atoms with van der Waals surface area (Å²) in [6, 6.07) is 33.5. The zero-order chi connectivity index (χ0) is 38.8. The summed E-state index contributed by atoms with van der Waals surface area (Å²) in [5, 5.41) is 6.13. The van der Waals surface area contributed by atoms with Crippen molar-refractivity contribution in [2.45, 2.75) is 137 Å². The van der Waals surface area contributed by atoms with Crippen LogP contribution in [0.2, 0.25) is 0 Å². The molecule has 0 aliphatic carbocycles. The van der Waals surface area contributed by atoms with Crippen molar-refractivity contribution >= 4 is 43.2 Å². The Morgan fingerprint density at radius 2 is 1.06 bits per heavy atom. The molecular weight excluding hydrogens is 811 g/mol. The predicted octanol–water partition coefficient (Wildman–Crippen LogP) is 16.5. The summed E-state index contributed by atoms with van der Waals surface area (Å²) in [7, 11) is 0. The van der Waals surface area contributed by atoms with Crippen LogP contribution in [0.4, 0.5) is 0 Å². The molecule has 2 aromatic heterocycles. The van der Waals surface area contributed by atoms with E-state index in [9.17, 15) is 0 Å². The van der Waals surface area contributed by atoms with Crippen LogP contribution >= 0.6 is 11.3 Å². The van der Waals surface area contributed by atoms with E-state index in [1.807, 2.05) is 53.9 Å². The van der Waals surface area contributed by atoms with E-state index in [1.54, 1.807) is 11.3 Å². The Balaban J connectivity index is -0.000000559. The minimum absolute atomic E-state index is 0. The molecule has 0 unspecified atom stereocenters. The second-order valence-corrected chi connectivity index (χ2v) is 15.8. The molecule has 0 spiro atoms. The molecule has 0 fully saturated rings. The molecule has 0 aliphatic rings. The third-order valence-electron chi connectivity index (χ3n) is 7.20. The van der Waals surface area contributed by atoms with Crippen molar-refractivity contribution in [3.63, 3.8) is 0 Å². The van der Waals surface area contributed by atoms with Crippen molar-refractivity contribution in [3.8, 4) is 0 Å². The van der Waals surface area contributed by atoms with Gasteiger partial charge >= 0.3 is 0 Å². The van der Waals surface area contributed by atoms with Crippen molar-refractivity contribution in [1.82, 2.24) is 9.55 Å². The molecule has 6 rings (SSSR count). The summed E-state index contributed by atoms with van der Waals surface area (Å²) < 4.78 is 3.59. The van der Waals surface area contributed by atoms with Crippen LogP contribution in [0.1, 0.15) is 131 Å². The molecule has 2 heterocycles. The number of thiophene rings is 1. The topological polar surface area (TPSA) is 17.8 Å². The van der Waals surface area contributed by atoms with Crippen molar-refractivity contribution < 1.29 is 20.4 Å². The third kappa shape index (κ3) is 25.1. The summed E-state index contributed by atoms with van der Waals surface area (Å²) in [4.78, 5) is 4.37. The van der Waals surface area contributed by atoms with Crippen molar-refractivity contribution in [2.24, 2.45) is 16.2 Å². The molecule has 51 heavy (non-hydrogen) atoms. The number of rotatable bonds is 1. The summed E-state index contributed by atoms with van der Waals surface area (Å²) in [5.41, 5.74) is 3.68. The first-order valence-corrected chi connectivity index (χ1v) is 19.9. The van der Waals surface area contributed by atoms with Crippen molar-refractivity contribution in [1.29, 1.82) is 0 Å². The Morgan fingerprint density at radius 3 is 1.55 bits per heavy atom. The van der Waals surface area contributed by atoms with Crippen molar-refractivity contribution in [2.75, 3.05) is 0 Å². The molecule has 0 N–H and O–H groups in total. The fourth-order valence-electron chi connectivity index (χ4n) is 3.62. The van der Waals surface area contributed by atoms with Crippen LogP contribution < -0.4 is 0 Å². The van der Waals surface area contributed by atoms with Gasteiger partial charge in [0, 0.05) is 31.7 Å². The molecule has 0 saturated heterocycles. The Labute approximate surface area is 333 Å². The quantitative estimate of drug-likeness (QED) is 0.150. The van der Waals surface area contributed by atoms with Gasteiger partial charge in [-0.05, 0) is 51.3 Å². The van der Waals surface area contributed by atoms with E-state index in [-0.39, 0.29) is 20.4 Å². The predicted molar refractivity (Wildman–Crippen MR) is 234 cm³/mol. The zero-order valence-corrected chi connectivity index (χ0v) is 39.2. The number of hydrogen-bond donors (Lipinski definition) is 0. The number of nitrogens with zero attached hydrogens (tertiary/aromatic N) is 2. The Morgan fingerprint density at radius 1 is 0.588 bits per heavy atom. The number of imidazole rings is 1. The van der Waals surface area contributed by atoms with Gasteiger partial charge in [-0.2, -0.15) is 17.5 Å². The van der Waals surface area contributed by atoms with Gasteiger partial charge in [-0.1, -0.05) is 167 Å². The Kier molecular flexibility index (Phi) is 29.9. The van der Waals surface area contributed by atoms with Crippen LogP contribution in [-0.4, -0.2) is 9.55 Å². The second kappa shape index (κ2) is 28.9. The number of aromatic nitrogens is 2. The molecule has 287 valence electrons. The fraction of sp³-hybridized carbons (Fsp3) is 0.489. The molecule has 1 radical (unpaired) electrons. The summed E-state index contributed by atoms with van der Waals surface area (Å²) in [6.07, 6.45) is 4.47. The van der Waals surface area contributed by atoms with Gasteiger partial charge in [0.25, 0.3) is 0 Å². The van der Waals surface area contributed by atoms with Gasteiger partial charge < -0.3 is 4.57 Å². The van der Waals surface area contributed by atoms with Crippen LogP contribution in [0.5, 0.6) is 0 Å². The number of benzene rings is 3. The average molecular weight is 886 g/mol. The molecular formula is C47H75N2ReS-. The van der Waals surface area contributed by atoms with Gasteiger partial charge in [0.05, 0.1) is 17.4 Å². The summed E-state index contributed by atoms with van der Waals surface area (Å²) in [5.74, 6) is 0. The van der Waals surface area contributed by atoms with Gasteiger partial charge in [-0.25, -0.2) is 4.98 Å². The first-order chi connectivity index (χ1) is 23.6. The first kappa shape index (κ1) is 52.7. The molecule has 0 saturated carbocycles. The van der Waals surface area contributed by atoms with Crippen LogP contribution in [0.3, 0.4) is 0 Å². The summed E-state index contributed by atoms with van der Waals surface area (Å²) in [6.45, 7) is 37.6. The monoisotopic (exact) mass is 887 g/mol. The number of para-hydroxylation sites is 2. The van der Waals surface area contributed by atoms with Gasteiger partial charge in [0.2, 0.25) is 0 Å². The number of hydrogen-bond acceptors (Lipinski definition) is 2. The van der Waals surface area contributed by atoms with E-state index < -0.39 is 0 Å². The van der Waals surface area contributed by atoms with Gasteiger partial charge in [-0.3, -0.25) is 0 Å². The Bertz CT molecular complexity index is 1480. The molecule has 0 atom stereocenters. The zero-order valence-electron chi connectivity index (χ0n) is 35.7. The van der Waals surface area contributed by atoms with E-state index >= 15 is 0 Å². The standard InChI is InChI=1S/C12H16N2.C9H7.C8H6S.2C6H14.3C2H6.Re/c1-12(2,3)8-14-9-13-10-6-4-5-7-11(10)14;1-2-5-9-7-3-6-8(9)4-1;1-2-4-8-7(3-1)5-6-9-8;2*1-5-6(2,3)4;3*1-2;/h4-7,9H,8H2,1-3H3;1-7H;1-6H;2*5H2,1-4H3;3*1-2H3;/q;-1;;;;;;;. The molecule has 2 nitrogen and oxygen atoms in total. The molecule has 0 bridgehead atoms. The first-order valence-electron chi connectivity index (χ1n) is 19.0. The van der Waals surface area contributed by atoms with E-state index in [0.29, 0.717) is 16.2 Å². The largest absolute Gasteiger partial charge is 0.330 e. The summed E-state index contributed by atoms with van der Waals surface area (Å²) >= 11 is 1.79. The minimum Gasteiger partial charge on any atom is -0.330 e. The maximum absolute atomic E-state index is 4.37.